The van der Waals surface area contributed by atoms with Gasteiger partial charge in [0.1, 0.15) is 11.5 Å². The number of fused-ring (bicyclic) bond motifs is 1. The Kier molecular flexibility index (Phi) is 3.07. The van der Waals surface area contributed by atoms with E-state index < -0.39 is 11.8 Å². The summed E-state index contributed by atoms with van der Waals surface area (Å²) in [5, 5.41) is 0.533. The number of ether oxygens (including phenoxy) is 1. The van der Waals surface area contributed by atoms with Crippen LogP contribution in [0.4, 0.5) is 4.39 Å². The molecule has 0 fully saturated rings. The summed E-state index contributed by atoms with van der Waals surface area (Å²) in [7, 11) is 1.71. The molecule has 1 heterocycles. The van der Waals surface area contributed by atoms with Crippen LogP contribution in [-0.2, 0) is 11.8 Å². The molecule has 3 nitrogen and oxygen atoms in total. The van der Waals surface area contributed by atoms with Crippen LogP contribution in [0.5, 0.6) is 0 Å². The van der Waals surface area contributed by atoms with Crippen LogP contribution >= 0.6 is 11.6 Å². The SMILES string of the molecule is CCOC(=O)c1cc2c(Cl)c(F)ccc2n1C. The zero-order chi connectivity index (χ0) is 12.6. The van der Waals surface area contributed by atoms with E-state index in [1.54, 1.807) is 30.7 Å². The minimum absolute atomic E-state index is 0.0219. The van der Waals surface area contributed by atoms with Gasteiger partial charge in [-0.2, -0.15) is 0 Å². The Balaban J connectivity index is 2.64. The number of esters is 1. The molecule has 0 aliphatic rings. The van der Waals surface area contributed by atoms with Crippen LogP contribution in [0.2, 0.25) is 5.02 Å². The highest BCUT2D eigenvalue weighted by molar-refractivity contribution is 6.35. The van der Waals surface area contributed by atoms with Crippen molar-refractivity contribution in [2.75, 3.05) is 6.61 Å². The van der Waals surface area contributed by atoms with Crippen LogP contribution in [0.25, 0.3) is 10.9 Å². The lowest BCUT2D eigenvalue weighted by Crippen LogP contribution is -2.09. The monoisotopic (exact) mass is 255 g/mol. The number of aromatic nitrogens is 1. The van der Waals surface area contributed by atoms with Gasteiger partial charge in [-0.25, -0.2) is 9.18 Å². The Morgan fingerprint density at radius 3 is 2.88 bits per heavy atom. The van der Waals surface area contributed by atoms with E-state index in [1.165, 1.54) is 6.07 Å². The number of carbonyl (C=O) groups excluding carboxylic acids is 1. The molecule has 5 heteroatoms. The van der Waals surface area contributed by atoms with E-state index in [1.807, 2.05) is 0 Å². The van der Waals surface area contributed by atoms with Crippen LogP contribution in [0.3, 0.4) is 0 Å². The Morgan fingerprint density at radius 2 is 2.24 bits per heavy atom. The predicted octanol–water partition coefficient (Wildman–Crippen LogP) is 3.15. The second-order valence-corrected chi connectivity index (χ2v) is 3.98. The summed E-state index contributed by atoms with van der Waals surface area (Å²) in [6.07, 6.45) is 0. The molecule has 2 rings (SSSR count). The predicted molar refractivity (Wildman–Crippen MR) is 63.8 cm³/mol. The lowest BCUT2D eigenvalue weighted by Gasteiger charge is -2.03. The van der Waals surface area contributed by atoms with Crippen LogP contribution in [0, 0.1) is 5.82 Å². The third-order valence-corrected chi connectivity index (χ3v) is 2.98. The van der Waals surface area contributed by atoms with E-state index in [-0.39, 0.29) is 5.02 Å². The molecule has 0 radical (unpaired) electrons. The molecule has 0 aliphatic carbocycles. The maximum atomic E-state index is 13.3. The van der Waals surface area contributed by atoms with Gasteiger partial charge in [0.2, 0.25) is 0 Å². The number of aryl methyl sites for hydroxylation is 1. The van der Waals surface area contributed by atoms with Gasteiger partial charge >= 0.3 is 5.97 Å². The fraction of sp³-hybridized carbons (Fsp3) is 0.250. The van der Waals surface area contributed by atoms with Crippen molar-refractivity contribution in [1.29, 1.82) is 0 Å². The standard InChI is InChI=1S/C12H11ClFNO2/c1-3-17-12(16)10-6-7-9(15(10)2)5-4-8(14)11(7)13/h4-6H,3H2,1-2H3. The highest BCUT2D eigenvalue weighted by atomic mass is 35.5. The minimum atomic E-state index is -0.500. The molecule has 0 saturated carbocycles. The van der Waals surface area contributed by atoms with Crippen molar-refractivity contribution in [3.63, 3.8) is 0 Å². The molecule has 0 saturated heterocycles. The number of benzene rings is 1. The summed E-state index contributed by atoms with van der Waals surface area (Å²) in [6.45, 7) is 2.02. The van der Waals surface area contributed by atoms with Crippen LogP contribution in [0.1, 0.15) is 17.4 Å². The fourth-order valence-corrected chi connectivity index (χ4v) is 1.96. The first-order chi connectivity index (χ1) is 8.06. The second kappa shape index (κ2) is 4.37. The van der Waals surface area contributed by atoms with Gasteiger partial charge in [0.25, 0.3) is 0 Å². The summed E-state index contributed by atoms with van der Waals surface area (Å²) in [5.74, 6) is -0.942. The van der Waals surface area contributed by atoms with Crippen molar-refractivity contribution < 1.29 is 13.9 Å². The number of carbonyl (C=O) groups is 1. The quantitative estimate of drug-likeness (QED) is 0.772. The second-order valence-electron chi connectivity index (χ2n) is 3.60. The highest BCUT2D eigenvalue weighted by Gasteiger charge is 2.17. The van der Waals surface area contributed by atoms with Crippen LogP contribution < -0.4 is 0 Å². The molecular formula is C12H11ClFNO2. The molecular weight excluding hydrogens is 245 g/mol. The van der Waals surface area contributed by atoms with Crippen molar-refractivity contribution in [3.05, 3.63) is 34.7 Å². The number of halogens is 2. The van der Waals surface area contributed by atoms with Gasteiger partial charge in [0, 0.05) is 12.4 Å². The van der Waals surface area contributed by atoms with Crippen LogP contribution in [-0.4, -0.2) is 17.1 Å². The summed E-state index contributed by atoms with van der Waals surface area (Å²) < 4.78 is 19.8. The molecule has 0 amide bonds. The van der Waals surface area contributed by atoms with Gasteiger partial charge in [-0.1, -0.05) is 11.6 Å². The number of hydrogen-bond acceptors (Lipinski definition) is 2. The van der Waals surface area contributed by atoms with Crippen LogP contribution in [0.15, 0.2) is 18.2 Å². The Morgan fingerprint density at radius 1 is 1.53 bits per heavy atom. The number of hydrogen-bond donors (Lipinski definition) is 0. The van der Waals surface area contributed by atoms with E-state index >= 15 is 0 Å². The molecule has 1 aromatic heterocycles. The molecule has 17 heavy (non-hydrogen) atoms. The first-order valence-corrected chi connectivity index (χ1v) is 5.54. The van der Waals surface area contributed by atoms with Crippen molar-refractivity contribution in [1.82, 2.24) is 4.57 Å². The van der Waals surface area contributed by atoms with E-state index in [0.717, 1.165) is 0 Å². The third-order valence-electron chi connectivity index (χ3n) is 2.60. The molecule has 0 unspecified atom stereocenters. The lowest BCUT2D eigenvalue weighted by atomic mass is 10.2. The topological polar surface area (TPSA) is 31.2 Å². The van der Waals surface area contributed by atoms with E-state index in [9.17, 15) is 9.18 Å². The first kappa shape index (κ1) is 11.9. The Bertz CT molecular complexity index is 592. The maximum Gasteiger partial charge on any atom is 0.354 e. The zero-order valence-corrected chi connectivity index (χ0v) is 10.2. The van der Waals surface area contributed by atoms with Crippen molar-refractivity contribution in [3.8, 4) is 0 Å². The maximum absolute atomic E-state index is 13.3. The molecule has 1 aromatic carbocycles. The number of rotatable bonds is 2. The fourth-order valence-electron chi connectivity index (χ4n) is 1.75. The van der Waals surface area contributed by atoms with Crippen molar-refractivity contribution >= 4 is 28.5 Å². The smallest absolute Gasteiger partial charge is 0.354 e. The Labute approximate surface area is 103 Å². The molecule has 0 bridgehead atoms. The first-order valence-electron chi connectivity index (χ1n) is 5.16. The lowest BCUT2D eigenvalue weighted by molar-refractivity contribution is 0.0516. The van der Waals surface area contributed by atoms with E-state index in [4.69, 9.17) is 16.3 Å². The normalized spacial score (nSPS) is 10.8. The number of nitrogens with zero attached hydrogens (tertiary/aromatic N) is 1. The highest BCUT2D eigenvalue weighted by Crippen LogP contribution is 2.28. The molecule has 90 valence electrons. The molecule has 0 atom stereocenters. The van der Waals surface area contributed by atoms with E-state index in [0.29, 0.717) is 23.2 Å². The van der Waals surface area contributed by atoms with Gasteiger partial charge in [0.15, 0.2) is 0 Å². The zero-order valence-electron chi connectivity index (χ0n) is 9.46. The molecule has 0 N–H and O–H groups in total. The molecule has 0 spiro atoms. The van der Waals surface area contributed by atoms with Gasteiger partial charge in [-0.05, 0) is 25.1 Å². The van der Waals surface area contributed by atoms with Crippen molar-refractivity contribution in [2.45, 2.75) is 6.92 Å². The molecule has 0 aliphatic heterocycles. The van der Waals surface area contributed by atoms with Gasteiger partial charge < -0.3 is 9.30 Å². The average molecular weight is 256 g/mol. The summed E-state index contributed by atoms with van der Waals surface area (Å²) in [4.78, 5) is 11.7. The summed E-state index contributed by atoms with van der Waals surface area (Å²) >= 11 is 5.85. The average Bonchev–Trinajstić information content (AvgIpc) is 2.63. The summed E-state index contributed by atoms with van der Waals surface area (Å²) in [6, 6.07) is 4.40. The van der Waals surface area contributed by atoms with Gasteiger partial charge in [-0.3, -0.25) is 0 Å². The third kappa shape index (κ3) is 1.89. The Hall–Kier alpha value is -1.55. The summed E-state index contributed by atoms with van der Waals surface area (Å²) in [5.41, 5.74) is 1.05. The van der Waals surface area contributed by atoms with Gasteiger partial charge in [0.05, 0.1) is 17.1 Å². The van der Waals surface area contributed by atoms with Gasteiger partial charge in [-0.15, -0.1) is 0 Å². The van der Waals surface area contributed by atoms with E-state index in [2.05, 4.69) is 0 Å². The van der Waals surface area contributed by atoms with Crippen molar-refractivity contribution in [2.24, 2.45) is 7.05 Å². The molecule has 2 aromatic rings. The minimum Gasteiger partial charge on any atom is -0.461 e. The largest absolute Gasteiger partial charge is 0.461 e.